The van der Waals surface area contributed by atoms with Crippen LogP contribution in [0.5, 0.6) is 0 Å². The second-order valence-electron chi connectivity index (χ2n) is 4.80. The van der Waals surface area contributed by atoms with Crippen molar-refractivity contribution in [3.8, 4) is 0 Å². The quantitative estimate of drug-likeness (QED) is 0.889. The molecule has 0 aliphatic heterocycles. The minimum atomic E-state index is -0.143. The van der Waals surface area contributed by atoms with Gasteiger partial charge >= 0.3 is 0 Å². The average molecular weight is 290 g/mol. The summed E-state index contributed by atoms with van der Waals surface area (Å²) in [4.78, 5) is 27.2. The van der Waals surface area contributed by atoms with Gasteiger partial charge in [0.25, 0.3) is 0 Å². The van der Waals surface area contributed by atoms with Crippen LogP contribution in [-0.4, -0.2) is 10.9 Å². The molecule has 0 aliphatic rings. The van der Waals surface area contributed by atoms with Crippen LogP contribution in [0.15, 0.2) is 28.4 Å². The lowest BCUT2D eigenvalue weighted by Gasteiger charge is -2.10. The van der Waals surface area contributed by atoms with Crippen LogP contribution in [0, 0.1) is 13.8 Å². The summed E-state index contributed by atoms with van der Waals surface area (Å²) in [5.74, 6) is -0.0141. The summed E-state index contributed by atoms with van der Waals surface area (Å²) in [6.07, 6.45) is 2.23. The Kier molecular flexibility index (Phi) is 4.74. The first-order valence-corrected chi connectivity index (χ1v) is 7.47. The Morgan fingerprint density at radius 1 is 1.40 bits per heavy atom. The Morgan fingerprint density at radius 3 is 2.85 bits per heavy atom. The van der Waals surface area contributed by atoms with E-state index in [-0.39, 0.29) is 11.5 Å². The molecule has 0 unspecified atom stereocenters. The molecule has 0 aliphatic carbocycles. The number of hydrogen-bond donors (Lipinski definition) is 2. The molecule has 20 heavy (non-hydrogen) atoms. The summed E-state index contributed by atoms with van der Waals surface area (Å²) in [5, 5.41) is 4.92. The lowest BCUT2D eigenvalue weighted by molar-refractivity contribution is -0.116. The number of aryl methyl sites for hydroxylation is 3. The third-order valence-corrected chi connectivity index (χ3v) is 4.04. The molecule has 0 fully saturated rings. The van der Waals surface area contributed by atoms with Gasteiger partial charge in [-0.25, -0.2) is 0 Å². The molecule has 106 valence electrons. The van der Waals surface area contributed by atoms with Crippen LogP contribution in [0.1, 0.15) is 29.0 Å². The van der Waals surface area contributed by atoms with E-state index in [1.54, 1.807) is 18.3 Å². The van der Waals surface area contributed by atoms with Crippen LogP contribution in [0.3, 0.4) is 0 Å². The van der Waals surface area contributed by atoms with Gasteiger partial charge in [-0.05, 0) is 43.7 Å². The molecule has 2 aromatic rings. The van der Waals surface area contributed by atoms with E-state index in [1.165, 1.54) is 10.9 Å². The van der Waals surface area contributed by atoms with Gasteiger partial charge in [0.15, 0.2) is 0 Å². The van der Waals surface area contributed by atoms with Gasteiger partial charge < -0.3 is 10.3 Å². The van der Waals surface area contributed by atoms with Crippen molar-refractivity contribution in [2.24, 2.45) is 0 Å². The minimum Gasteiger partial charge on any atom is -0.324 e. The summed E-state index contributed by atoms with van der Waals surface area (Å²) in [7, 11) is 0. The molecule has 0 saturated carbocycles. The molecule has 1 amide bonds. The molecule has 2 N–H and O–H groups in total. The number of anilines is 1. The number of thiophene rings is 1. The zero-order valence-corrected chi connectivity index (χ0v) is 12.5. The number of nitrogens with one attached hydrogen (secondary N) is 2. The number of pyridine rings is 1. The van der Waals surface area contributed by atoms with Crippen molar-refractivity contribution in [2.45, 2.75) is 33.1 Å². The molecule has 2 heterocycles. The molecule has 2 aromatic heterocycles. The third-order valence-electron chi connectivity index (χ3n) is 3.10. The maximum absolute atomic E-state index is 11.9. The fraction of sp³-hybridized carbons (Fsp3) is 0.333. The molecular weight excluding hydrogens is 272 g/mol. The van der Waals surface area contributed by atoms with E-state index in [2.05, 4.69) is 16.4 Å². The minimum absolute atomic E-state index is 0.0141. The molecule has 0 spiro atoms. The summed E-state index contributed by atoms with van der Waals surface area (Å²) >= 11 is 1.71. The van der Waals surface area contributed by atoms with E-state index in [0.29, 0.717) is 17.8 Å². The monoisotopic (exact) mass is 290 g/mol. The standard InChI is InChI=1S/C15H18N2O2S/c1-10-9-14(19)16-11(2)15(10)17-13(18)7-3-5-12-6-4-8-20-12/h4,6,8-9H,3,5,7H2,1-2H3,(H,16,19)(H,17,18). The van der Waals surface area contributed by atoms with Gasteiger partial charge in [-0.15, -0.1) is 11.3 Å². The van der Waals surface area contributed by atoms with Gasteiger partial charge in [0.2, 0.25) is 11.5 Å². The zero-order chi connectivity index (χ0) is 14.5. The van der Waals surface area contributed by atoms with Gasteiger partial charge in [0.1, 0.15) is 0 Å². The highest BCUT2D eigenvalue weighted by molar-refractivity contribution is 7.09. The third kappa shape index (κ3) is 3.81. The molecule has 0 bridgehead atoms. The van der Waals surface area contributed by atoms with Crippen molar-refractivity contribution >= 4 is 22.9 Å². The van der Waals surface area contributed by atoms with Crippen LogP contribution in [-0.2, 0) is 11.2 Å². The molecule has 0 atom stereocenters. The van der Waals surface area contributed by atoms with Crippen molar-refractivity contribution < 1.29 is 4.79 Å². The number of amides is 1. The lowest BCUT2D eigenvalue weighted by atomic mass is 10.1. The number of H-pyrrole nitrogens is 1. The zero-order valence-electron chi connectivity index (χ0n) is 11.7. The Balaban J connectivity index is 1.90. The highest BCUT2D eigenvalue weighted by Crippen LogP contribution is 2.17. The second kappa shape index (κ2) is 6.52. The van der Waals surface area contributed by atoms with Gasteiger partial charge in [0, 0.05) is 23.1 Å². The molecular formula is C15H18N2O2S. The van der Waals surface area contributed by atoms with Gasteiger partial charge in [-0.2, -0.15) is 0 Å². The van der Waals surface area contributed by atoms with Gasteiger partial charge in [-0.3, -0.25) is 9.59 Å². The first-order chi connectivity index (χ1) is 9.56. The molecule has 4 nitrogen and oxygen atoms in total. The van der Waals surface area contributed by atoms with E-state index in [0.717, 1.165) is 18.4 Å². The van der Waals surface area contributed by atoms with Crippen LogP contribution in [0.2, 0.25) is 0 Å². The van der Waals surface area contributed by atoms with Crippen molar-refractivity contribution in [1.82, 2.24) is 4.98 Å². The van der Waals surface area contributed by atoms with E-state index >= 15 is 0 Å². The number of hydrogen-bond acceptors (Lipinski definition) is 3. The Bertz CT molecular complexity index is 618. The topological polar surface area (TPSA) is 62.0 Å². The van der Waals surface area contributed by atoms with E-state index < -0.39 is 0 Å². The summed E-state index contributed by atoms with van der Waals surface area (Å²) < 4.78 is 0. The molecule has 2 rings (SSSR count). The van der Waals surface area contributed by atoms with Gasteiger partial charge in [0.05, 0.1) is 5.69 Å². The number of aromatic amines is 1. The fourth-order valence-electron chi connectivity index (χ4n) is 2.12. The number of aromatic nitrogens is 1. The average Bonchev–Trinajstić information content (AvgIpc) is 2.87. The maximum Gasteiger partial charge on any atom is 0.248 e. The van der Waals surface area contributed by atoms with Crippen molar-refractivity contribution in [2.75, 3.05) is 5.32 Å². The predicted octanol–water partition coefficient (Wildman–Crippen LogP) is 3.01. The Morgan fingerprint density at radius 2 is 2.20 bits per heavy atom. The van der Waals surface area contributed by atoms with Gasteiger partial charge in [-0.1, -0.05) is 6.07 Å². The normalized spacial score (nSPS) is 10.5. The van der Waals surface area contributed by atoms with Crippen molar-refractivity contribution in [1.29, 1.82) is 0 Å². The molecule has 5 heteroatoms. The number of carbonyl (C=O) groups excluding carboxylic acids is 1. The number of carbonyl (C=O) groups is 1. The lowest BCUT2D eigenvalue weighted by Crippen LogP contribution is -2.17. The maximum atomic E-state index is 11.9. The summed E-state index contributed by atoms with van der Waals surface area (Å²) in [5.41, 5.74) is 2.06. The largest absolute Gasteiger partial charge is 0.324 e. The fourth-order valence-corrected chi connectivity index (χ4v) is 2.87. The van der Waals surface area contributed by atoms with Crippen LogP contribution < -0.4 is 10.9 Å². The second-order valence-corrected chi connectivity index (χ2v) is 5.83. The Hall–Kier alpha value is -1.88. The highest BCUT2D eigenvalue weighted by Gasteiger charge is 2.08. The van der Waals surface area contributed by atoms with Crippen molar-refractivity contribution in [3.63, 3.8) is 0 Å². The van der Waals surface area contributed by atoms with Crippen molar-refractivity contribution in [3.05, 3.63) is 50.1 Å². The SMILES string of the molecule is Cc1cc(=O)[nH]c(C)c1NC(=O)CCCc1cccs1. The van der Waals surface area contributed by atoms with E-state index in [9.17, 15) is 9.59 Å². The highest BCUT2D eigenvalue weighted by atomic mass is 32.1. The Labute approximate surface area is 121 Å². The smallest absolute Gasteiger partial charge is 0.248 e. The van der Waals surface area contributed by atoms with E-state index in [1.807, 2.05) is 18.4 Å². The first-order valence-electron chi connectivity index (χ1n) is 6.59. The van der Waals surface area contributed by atoms with Crippen LogP contribution in [0.4, 0.5) is 5.69 Å². The molecule has 0 aromatic carbocycles. The van der Waals surface area contributed by atoms with Crippen LogP contribution in [0.25, 0.3) is 0 Å². The summed E-state index contributed by atoms with van der Waals surface area (Å²) in [6.45, 7) is 3.61. The number of rotatable bonds is 5. The van der Waals surface area contributed by atoms with E-state index in [4.69, 9.17) is 0 Å². The molecule has 0 saturated heterocycles. The molecule has 0 radical (unpaired) electrons. The predicted molar refractivity (Wildman–Crippen MR) is 82.4 cm³/mol. The first kappa shape index (κ1) is 14.5. The summed E-state index contributed by atoms with van der Waals surface area (Å²) in [6, 6.07) is 5.60. The van der Waals surface area contributed by atoms with Crippen LogP contribution >= 0.6 is 11.3 Å².